The van der Waals surface area contributed by atoms with E-state index in [0.717, 1.165) is 11.4 Å². The zero-order chi connectivity index (χ0) is 16.1. The van der Waals surface area contributed by atoms with E-state index >= 15 is 0 Å². The third-order valence-corrected chi connectivity index (χ3v) is 5.75. The van der Waals surface area contributed by atoms with Gasteiger partial charge in [0.15, 0.2) is 0 Å². The van der Waals surface area contributed by atoms with Crippen LogP contribution in [0, 0.1) is 18.3 Å². The summed E-state index contributed by atoms with van der Waals surface area (Å²) in [6, 6.07) is 1.84. The van der Waals surface area contributed by atoms with Gasteiger partial charge < -0.3 is 19.6 Å². The number of ether oxygens (including phenoxy) is 1. The van der Waals surface area contributed by atoms with Gasteiger partial charge in [0, 0.05) is 37.0 Å². The van der Waals surface area contributed by atoms with Crippen LogP contribution in [-0.4, -0.2) is 67.1 Å². The van der Waals surface area contributed by atoms with Crippen LogP contribution in [0.15, 0.2) is 6.07 Å². The van der Waals surface area contributed by atoms with Crippen molar-refractivity contribution in [1.82, 2.24) is 9.80 Å². The van der Waals surface area contributed by atoms with Crippen molar-refractivity contribution in [3.8, 4) is 5.75 Å². The molecule has 2 aliphatic heterocycles. The highest BCUT2D eigenvalue weighted by atomic mass is 32.1. The molecular weight excluding hydrogens is 304 g/mol. The molecule has 1 aromatic heterocycles. The molecular formula is C15H20N2O4S. The molecule has 2 aliphatic rings. The van der Waals surface area contributed by atoms with Gasteiger partial charge in [-0.15, -0.1) is 11.3 Å². The summed E-state index contributed by atoms with van der Waals surface area (Å²) >= 11 is 1.40. The van der Waals surface area contributed by atoms with Crippen LogP contribution in [0.25, 0.3) is 0 Å². The molecule has 2 fully saturated rings. The van der Waals surface area contributed by atoms with Gasteiger partial charge in [0.25, 0.3) is 5.91 Å². The van der Waals surface area contributed by atoms with Gasteiger partial charge in [-0.25, -0.2) is 0 Å². The summed E-state index contributed by atoms with van der Waals surface area (Å²) in [6.07, 6.45) is 0. The van der Waals surface area contributed by atoms with E-state index in [4.69, 9.17) is 4.74 Å². The predicted molar refractivity (Wildman–Crippen MR) is 82.6 cm³/mol. The number of hydrogen-bond acceptors (Lipinski definition) is 5. The number of rotatable bonds is 3. The first-order valence-corrected chi connectivity index (χ1v) is 8.04. The molecule has 2 atom stereocenters. The number of carbonyl (C=O) groups is 2. The van der Waals surface area contributed by atoms with E-state index in [1.165, 1.54) is 11.3 Å². The number of aliphatic carboxylic acids is 1. The molecule has 0 bridgehead atoms. The summed E-state index contributed by atoms with van der Waals surface area (Å²) in [5, 5.41) is 9.68. The van der Waals surface area contributed by atoms with Crippen LogP contribution < -0.4 is 4.74 Å². The standard InChI is InChI=1S/C15H20N2O4S/c1-9-4-11(21-3)12(22-9)13(18)17-6-10-5-16(2)7-15(10,8-17)14(19)20/h4,10H,5-8H2,1-3H3,(H,19,20)/t10-,15-/m1/s1. The highest BCUT2D eigenvalue weighted by molar-refractivity contribution is 7.14. The quantitative estimate of drug-likeness (QED) is 0.903. The summed E-state index contributed by atoms with van der Waals surface area (Å²) in [5.74, 6) is -0.351. The van der Waals surface area contributed by atoms with E-state index < -0.39 is 11.4 Å². The van der Waals surface area contributed by atoms with E-state index in [9.17, 15) is 14.7 Å². The number of carboxylic acid groups (broad SMARTS) is 1. The lowest BCUT2D eigenvalue weighted by molar-refractivity contribution is -0.148. The number of aryl methyl sites for hydroxylation is 1. The van der Waals surface area contributed by atoms with E-state index in [1.807, 2.05) is 24.9 Å². The summed E-state index contributed by atoms with van der Waals surface area (Å²) in [6.45, 7) is 3.91. The van der Waals surface area contributed by atoms with Crippen molar-refractivity contribution in [2.24, 2.45) is 11.3 Å². The van der Waals surface area contributed by atoms with Gasteiger partial charge in [0.05, 0.1) is 7.11 Å². The first-order chi connectivity index (χ1) is 10.4. The smallest absolute Gasteiger partial charge is 0.313 e. The van der Waals surface area contributed by atoms with Crippen LogP contribution in [0.3, 0.4) is 0 Å². The Kier molecular flexibility index (Phi) is 3.65. The number of carboxylic acids is 1. The fourth-order valence-electron chi connectivity index (χ4n) is 3.71. The van der Waals surface area contributed by atoms with Crippen molar-refractivity contribution in [2.45, 2.75) is 6.92 Å². The number of nitrogens with zero attached hydrogens (tertiary/aromatic N) is 2. The van der Waals surface area contributed by atoms with Crippen LogP contribution in [0.5, 0.6) is 5.75 Å². The fraction of sp³-hybridized carbons (Fsp3) is 0.600. The van der Waals surface area contributed by atoms with Gasteiger partial charge >= 0.3 is 5.97 Å². The van der Waals surface area contributed by atoms with Crippen molar-refractivity contribution in [2.75, 3.05) is 40.3 Å². The molecule has 6 nitrogen and oxygen atoms in total. The van der Waals surface area contributed by atoms with Crippen molar-refractivity contribution in [3.63, 3.8) is 0 Å². The predicted octanol–water partition coefficient (Wildman–Crippen LogP) is 1.15. The second kappa shape index (κ2) is 5.24. The molecule has 2 saturated heterocycles. The van der Waals surface area contributed by atoms with Gasteiger partial charge in [-0.3, -0.25) is 9.59 Å². The van der Waals surface area contributed by atoms with E-state index in [2.05, 4.69) is 0 Å². The Balaban J connectivity index is 1.86. The zero-order valence-electron chi connectivity index (χ0n) is 13.0. The summed E-state index contributed by atoms with van der Waals surface area (Å²) < 4.78 is 5.27. The molecule has 1 amide bonds. The molecule has 0 saturated carbocycles. The van der Waals surface area contributed by atoms with Gasteiger partial charge in [-0.2, -0.15) is 0 Å². The third-order valence-electron chi connectivity index (χ3n) is 4.73. The highest BCUT2D eigenvalue weighted by Gasteiger charge is 2.58. The first kappa shape index (κ1) is 15.3. The number of thiophene rings is 1. The SMILES string of the molecule is COc1cc(C)sc1C(=O)N1C[C@H]2CN(C)C[C@@]2(C(=O)O)C1. The van der Waals surface area contributed by atoms with Crippen molar-refractivity contribution >= 4 is 23.2 Å². The van der Waals surface area contributed by atoms with Crippen molar-refractivity contribution < 1.29 is 19.4 Å². The molecule has 1 N–H and O–H groups in total. The Bertz CT molecular complexity index is 629. The topological polar surface area (TPSA) is 70.1 Å². The molecule has 3 heterocycles. The number of hydrogen-bond donors (Lipinski definition) is 1. The number of methoxy groups -OCH3 is 1. The lowest BCUT2D eigenvalue weighted by atomic mass is 9.81. The normalized spacial score (nSPS) is 28.0. The number of carbonyl (C=O) groups excluding carboxylic acids is 1. The molecule has 0 spiro atoms. The lowest BCUT2D eigenvalue weighted by Gasteiger charge is -2.24. The van der Waals surface area contributed by atoms with Crippen LogP contribution in [0.4, 0.5) is 0 Å². The maximum absolute atomic E-state index is 12.8. The summed E-state index contributed by atoms with van der Waals surface area (Å²) in [7, 11) is 3.48. The number of amides is 1. The van der Waals surface area contributed by atoms with Crippen LogP contribution in [-0.2, 0) is 4.79 Å². The van der Waals surface area contributed by atoms with Gasteiger partial charge in [0.1, 0.15) is 16.0 Å². The molecule has 22 heavy (non-hydrogen) atoms. The second-order valence-corrected chi connectivity index (χ2v) is 7.55. The Morgan fingerprint density at radius 1 is 1.41 bits per heavy atom. The van der Waals surface area contributed by atoms with Crippen molar-refractivity contribution in [3.05, 3.63) is 15.8 Å². The highest BCUT2D eigenvalue weighted by Crippen LogP contribution is 2.43. The minimum Gasteiger partial charge on any atom is -0.495 e. The fourth-order valence-corrected chi connectivity index (χ4v) is 4.66. The van der Waals surface area contributed by atoms with E-state index in [-0.39, 0.29) is 18.4 Å². The molecule has 1 aromatic rings. The average molecular weight is 324 g/mol. The van der Waals surface area contributed by atoms with E-state index in [0.29, 0.717) is 23.7 Å². The molecule has 0 unspecified atom stereocenters. The van der Waals surface area contributed by atoms with Gasteiger partial charge in [-0.05, 0) is 20.0 Å². The Morgan fingerprint density at radius 2 is 2.14 bits per heavy atom. The molecule has 0 aliphatic carbocycles. The molecule has 120 valence electrons. The summed E-state index contributed by atoms with van der Waals surface area (Å²) in [4.78, 5) is 29.9. The minimum atomic E-state index is -0.829. The third kappa shape index (κ3) is 2.19. The molecule has 7 heteroatoms. The van der Waals surface area contributed by atoms with Crippen LogP contribution in [0.1, 0.15) is 14.5 Å². The second-order valence-electron chi connectivity index (χ2n) is 6.30. The molecule has 0 aromatic carbocycles. The summed E-state index contributed by atoms with van der Waals surface area (Å²) in [5.41, 5.74) is -0.829. The molecule has 3 rings (SSSR count). The Morgan fingerprint density at radius 3 is 2.73 bits per heavy atom. The Hall–Kier alpha value is -1.60. The largest absolute Gasteiger partial charge is 0.495 e. The van der Waals surface area contributed by atoms with Crippen LogP contribution in [0.2, 0.25) is 0 Å². The first-order valence-electron chi connectivity index (χ1n) is 7.23. The molecule has 0 radical (unpaired) electrons. The van der Waals surface area contributed by atoms with Gasteiger partial charge in [0.2, 0.25) is 0 Å². The maximum Gasteiger partial charge on any atom is 0.313 e. The average Bonchev–Trinajstić information content (AvgIpc) is 3.07. The van der Waals surface area contributed by atoms with E-state index in [1.54, 1.807) is 12.0 Å². The monoisotopic (exact) mass is 324 g/mol. The number of likely N-dealkylation sites (tertiary alicyclic amines) is 2. The number of fused-ring (bicyclic) bond motifs is 1. The minimum absolute atomic E-state index is 0.00833. The van der Waals surface area contributed by atoms with Gasteiger partial charge in [-0.1, -0.05) is 0 Å². The van der Waals surface area contributed by atoms with Crippen LogP contribution >= 0.6 is 11.3 Å². The lowest BCUT2D eigenvalue weighted by Crippen LogP contribution is -2.41. The zero-order valence-corrected chi connectivity index (χ0v) is 13.8. The maximum atomic E-state index is 12.8. The Labute approximate surface area is 133 Å². The van der Waals surface area contributed by atoms with Crippen molar-refractivity contribution in [1.29, 1.82) is 0 Å².